The monoisotopic (exact) mass is 258 g/mol. The van der Waals surface area contributed by atoms with Crippen LogP contribution in [0.5, 0.6) is 0 Å². The van der Waals surface area contributed by atoms with Gasteiger partial charge in [0, 0.05) is 13.1 Å². The lowest BCUT2D eigenvalue weighted by molar-refractivity contribution is -0.138. The molecular weight excluding hydrogens is 245 g/mol. The maximum absolute atomic E-state index is 12.5. The summed E-state index contributed by atoms with van der Waals surface area (Å²) in [5.41, 5.74) is 5.11. The fourth-order valence-electron chi connectivity index (χ4n) is 1.78. The number of nitrogens with zero attached hydrogens (tertiary/aromatic N) is 1. The summed E-state index contributed by atoms with van der Waals surface area (Å²) >= 11 is 0. The van der Waals surface area contributed by atoms with Crippen LogP contribution in [0.2, 0.25) is 0 Å². The van der Waals surface area contributed by atoms with Gasteiger partial charge in [-0.3, -0.25) is 4.79 Å². The molecule has 1 unspecified atom stereocenters. The first-order valence-corrected chi connectivity index (χ1v) is 5.61. The van der Waals surface area contributed by atoms with Crippen molar-refractivity contribution < 1.29 is 18.0 Å². The van der Waals surface area contributed by atoms with E-state index in [9.17, 15) is 18.0 Å². The molecule has 1 aromatic carbocycles. The van der Waals surface area contributed by atoms with Gasteiger partial charge in [-0.25, -0.2) is 0 Å². The number of alkyl halides is 3. The zero-order valence-corrected chi connectivity index (χ0v) is 9.57. The second-order valence-electron chi connectivity index (χ2n) is 4.28. The number of carbonyl (C=O) groups excluding carboxylic acids is 1. The molecule has 1 aliphatic rings. The topological polar surface area (TPSA) is 46.3 Å². The maximum Gasteiger partial charge on any atom is 0.416 e. The molecule has 0 aliphatic carbocycles. The van der Waals surface area contributed by atoms with Crippen LogP contribution in [0, 0.1) is 0 Å². The number of amides is 1. The first-order chi connectivity index (χ1) is 8.39. The Morgan fingerprint density at radius 1 is 1.33 bits per heavy atom. The normalized spacial score (nSPS) is 17.2. The summed E-state index contributed by atoms with van der Waals surface area (Å²) in [4.78, 5) is 13.4. The Labute approximate surface area is 102 Å². The van der Waals surface area contributed by atoms with Crippen LogP contribution in [-0.2, 0) is 11.0 Å². The number of carbonyl (C=O) groups is 1. The van der Waals surface area contributed by atoms with Gasteiger partial charge in [-0.15, -0.1) is 0 Å². The Morgan fingerprint density at radius 3 is 2.50 bits per heavy atom. The molecule has 98 valence electrons. The summed E-state index contributed by atoms with van der Waals surface area (Å²) < 4.78 is 37.6. The molecule has 18 heavy (non-hydrogen) atoms. The molecule has 1 saturated heterocycles. The molecule has 0 aromatic heterocycles. The van der Waals surface area contributed by atoms with Crippen molar-refractivity contribution >= 4 is 5.91 Å². The van der Waals surface area contributed by atoms with Gasteiger partial charge in [-0.1, -0.05) is 12.1 Å². The van der Waals surface area contributed by atoms with Gasteiger partial charge in [0.15, 0.2) is 0 Å². The van der Waals surface area contributed by atoms with Gasteiger partial charge < -0.3 is 10.6 Å². The number of likely N-dealkylation sites (tertiary alicyclic amines) is 1. The first-order valence-electron chi connectivity index (χ1n) is 5.61. The van der Waals surface area contributed by atoms with E-state index in [2.05, 4.69) is 0 Å². The van der Waals surface area contributed by atoms with Gasteiger partial charge in [0.2, 0.25) is 5.91 Å². The lowest BCUT2D eigenvalue weighted by Gasteiger charge is -2.33. The minimum atomic E-state index is -4.42. The van der Waals surface area contributed by atoms with Gasteiger partial charge >= 0.3 is 6.18 Å². The molecule has 0 saturated carbocycles. The number of benzene rings is 1. The highest BCUT2D eigenvalue weighted by Gasteiger charge is 2.32. The third kappa shape index (κ3) is 2.48. The summed E-state index contributed by atoms with van der Waals surface area (Å²) in [6, 6.07) is 3.58. The molecule has 3 nitrogen and oxygen atoms in total. The molecular formula is C12H13F3N2O. The molecule has 1 aromatic rings. The molecule has 1 amide bonds. The van der Waals surface area contributed by atoms with E-state index in [1.54, 1.807) is 4.90 Å². The third-order valence-corrected chi connectivity index (χ3v) is 3.01. The Kier molecular flexibility index (Phi) is 3.30. The van der Waals surface area contributed by atoms with Crippen LogP contribution in [0.15, 0.2) is 24.3 Å². The number of hydrogen-bond acceptors (Lipinski definition) is 2. The molecule has 0 spiro atoms. The summed E-state index contributed by atoms with van der Waals surface area (Å²) in [5, 5.41) is 0. The lowest BCUT2D eigenvalue weighted by atomic mass is 10.0. The zero-order valence-electron chi connectivity index (χ0n) is 9.57. The van der Waals surface area contributed by atoms with Gasteiger partial charge in [0.25, 0.3) is 0 Å². The fraction of sp³-hybridized carbons (Fsp3) is 0.417. The van der Waals surface area contributed by atoms with Crippen molar-refractivity contribution in [2.24, 2.45) is 5.73 Å². The second kappa shape index (κ2) is 4.61. The molecule has 1 heterocycles. The van der Waals surface area contributed by atoms with Gasteiger partial charge in [-0.05, 0) is 24.1 Å². The van der Waals surface area contributed by atoms with Gasteiger partial charge in [0.05, 0.1) is 5.56 Å². The number of nitrogens with two attached hydrogens (primary N) is 1. The van der Waals surface area contributed by atoms with E-state index in [1.165, 1.54) is 12.1 Å². The summed E-state index contributed by atoms with van der Waals surface area (Å²) in [6.07, 6.45) is -3.50. The van der Waals surface area contributed by atoms with Crippen molar-refractivity contribution in [1.29, 1.82) is 0 Å². The van der Waals surface area contributed by atoms with Crippen LogP contribution in [-0.4, -0.2) is 23.9 Å². The molecule has 2 rings (SSSR count). The summed E-state index contributed by atoms with van der Waals surface area (Å²) in [7, 11) is 0. The lowest BCUT2D eigenvalue weighted by Crippen LogP contribution is -2.46. The van der Waals surface area contributed by atoms with Crippen molar-refractivity contribution in [2.75, 3.05) is 13.1 Å². The van der Waals surface area contributed by atoms with Crippen LogP contribution in [0.25, 0.3) is 0 Å². The highest BCUT2D eigenvalue weighted by Crippen LogP contribution is 2.30. The van der Waals surface area contributed by atoms with E-state index < -0.39 is 17.8 Å². The van der Waals surface area contributed by atoms with Crippen molar-refractivity contribution in [3.63, 3.8) is 0 Å². The van der Waals surface area contributed by atoms with Crippen molar-refractivity contribution in [3.05, 3.63) is 35.4 Å². The van der Waals surface area contributed by atoms with Crippen LogP contribution >= 0.6 is 0 Å². The molecule has 0 radical (unpaired) electrons. The first kappa shape index (κ1) is 12.9. The molecule has 6 heteroatoms. The van der Waals surface area contributed by atoms with Gasteiger partial charge in [-0.2, -0.15) is 13.2 Å². The van der Waals surface area contributed by atoms with Crippen molar-refractivity contribution in [2.45, 2.75) is 18.6 Å². The predicted octanol–water partition coefficient (Wildman–Crippen LogP) is 1.94. The smallest absolute Gasteiger partial charge is 0.341 e. The van der Waals surface area contributed by atoms with Crippen LogP contribution in [0.1, 0.15) is 23.6 Å². The van der Waals surface area contributed by atoms with E-state index >= 15 is 0 Å². The number of halogens is 3. The van der Waals surface area contributed by atoms with Crippen molar-refractivity contribution in [3.8, 4) is 0 Å². The minimum Gasteiger partial charge on any atom is -0.341 e. The van der Waals surface area contributed by atoms with E-state index in [0.29, 0.717) is 13.1 Å². The average Bonchev–Trinajstić information content (AvgIpc) is 2.24. The van der Waals surface area contributed by atoms with Crippen molar-refractivity contribution in [1.82, 2.24) is 4.90 Å². The van der Waals surface area contributed by atoms with Gasteiger partial charge in [0.1, 0.15) is 6.04 Å². The molecule has 1 aliphatic heterocycles. The Morgan fingerprint density at radius 2 is 2.00 bits per heavy atom. The van der Waals surface area contributed by atoms with Crippen LogP contribution in [0.4, 0.5) is 13.2 Å². The quantitative estimate of drug-likeness (QED) is 0.881. The molecule has 0 bridgehead atoms. The van der Waals surface area contributed by atoms with E-state index in [0.717, 1.165) is 18.6 Å². The highest BCUT2D eigenvalue weighted by molar-refractivity contribution is 5.83. The largest absolute Gasteiger partial charge is 0.416 e. The fourth-order valence-corrected chi connectivity index (χ4v) is 1.78. The Bertz CT molecular complexity index is 455. The third-order valence-electron chi connectivity index (χ3n) is 3.01. The zero-order chi connectivity index (χ0) is 13.3. The highest BCUT2D eigenvalue weighted by atomic mass is 19.4. The van der Waals surface area contributed by atoms with E-state index in [1.807, 2.05) is 0 Å². The van der Waals surface area contributed by atoms with E-state index in [-0.39, 0.29) is 11.5 Å². The Balaban J connectivity index is 2.19. The standard InChI is InChI=1S/C12H13F3N2O/c13-12(14,15)9-4-1-3-8(7-9)10(16)11(18)17-5-2-6-17/h1,3-4,7,10H,2,5-6,16H2. The SMILES string of the molecule is NC(C(=O)N1CCC1)c1cccc(C(F)(F)F)c1. The Hall–Kier alpha value is -1.56. The van der Waals surface area contributed by atoms with E-state index in [4.69, 9.17) is 5.73 Å². The summed E-state index contributed by atoms with van der Waals surface area (Å²) in [6.45, 7) is 1.26. The number of hydrogen-bond donors (Lipinski definition) is 1. The average molecular weight is 258 g/mol. The maximum atomic E-state index is 12.5. The van der Waals surface area contributed by atoms with Crippen LogP contribution < -0.4 is 5.73 Å². The van der Waals surface area contributed by atoms with Crippen LogP contribution in [0.3, 0.4) is 0 Å². The molecule has 1 atom stereocenters. The minimum absolute atomic E-state index is 0.196. The predicted molar refractivity (Wildman–Crippen MR) is 59.6 cm³/mol. The summed E-state index contributed by atoms with van der Waals surface area (Å²) in [5.74, 6) is -0.319. The molecule has 2 N–H and O–H groups in total. The second-order valence-corrected chi connectivity index (χ2v) is 4.28. The molecule has 1 fully saturated rings. The number of rotatable bonds is 2.